The maximum Gasteiger partial charge on any atom is 0.118 e. The maximum atomic E-state index is 10.2. The van der Waals surface area contributed by atoms with Crippen LogP contribution in [-0.2, 0) is 9.47 Å². The molecule has 0 amide bonds. The van der Waals surface area contributed by atoms with Gasteiger partial charge in [-0.3, -0.25) is 0 Å². The van der Waals surface area contributed by atoms with Crippen LogP contribution in [0.5, 0.6) is 5.75 Å². The van der Waals surface area contributed by atoms with E-state index in [1.807, 2.05) is 38.1 Å². The van der Waals surface area contributed by atoms with Crippen molar-refractivity contribution in [3.63, 3.8) is 0 Å². The smallest absolute Gasteiger partial charge is 0.118 e. The van der Waals surface area contributed by atoms with E-state index >= 15 is 0 Å². The van der Waals surface area contributed by atoms with Gasteiger partial charge in [-0.05, 0) is 31.5 Å². The highest BCUT2D eigenvalue weighted by atomic mass is 16.5. The molecule has 3 atom stereocenters. The van der Waals surface area contributed by atoms with Gasteiger partial charge >= 0.3 is 0 Å². The number of methoxy groups -OCH3 is 2. The van der Waals surface area contributed by atoms with Gasteiger partial charge in [0.15, 0.2) is 0 Å². The van der Waals surface area contributed by atoms with E-state index in [0.717, 1.165) is 11.3 Å². The summed E-state index contributed by atoms with van der Waals surface area (Å²) in [7, 11) is 3.24. The van der Waals surface area contributed by atoms with Crippen LogP contribution in [0.2, 0.25) is 0 Å². The van der Waals surface area contributed by atoms with Gasteiger partial charge in [0.1, 0.15) is 11.9 Å². The van der Waals surface area contributed by atoms with Crippen molar-refractivity contribution >= 4 is 0 Å². The second-order valence-corrected chi connectivity index (χ2v) is 4.33. The summed E-state index contributed by atoms with van der Waals surface area (Å²) in [5, 5.41) is 10.2. The van der Waals surface area contributed by atoms with Crippen molar-refractivity contribution in [2.24, 2.45) is 0 Å². The Morgan fingerprint density at radius 2 is 1.72 bits per heavy atom. The van der Waals surface area contributed by atoms with Crippen molar-refractivity contribution in [3.8, 4) is 5.75 Å². The maximum absolute atomic E-state index is 10.2. The lowest BCUT2D eigenvalue weighted by molar-refractivity contribution is -0.0824. The Morgan fingerprint density at radius 1 is 1.11 bits per heavy atom. The van der Waals surface area contributed by atoms with E-state index in [1.54, 1.807) is 14.2 Å². The van der Waals surface area contributed by atoms with Gasteiger partial charge in [-0.2, -0.15) is 0 Å². The second kappa shape index (κ2) is 7.36. The van der Waals surface area contributed by atoms with Crippen LogP contribution in [0.4, 0.5) is 0 Å². The molecule has 0 aliphatic heterocycles. The number of aliphatic hydroxyl groups is 1. The van der Waals surface area contributed by atoms with Crippen LogP contribution in [0.1, 0.15) is 25.5 Å². The first-order valence-electron chi connectivity index (χ1n) is 6.05. The summed E-state index contributed by atoms with van der Waals surface area (Å²) < 4.78 is 15.7. The average Bonchev–Trinajstić information content (AvgIpc) is 2.38. The first-order valence-corrected chi connectivity index (χ1v) is 6.05. The highest BCUT2D eigenvalue weighted by molar-refractivity contribution is 5.28. The molecule has 1 aromatic rings. The van der Waals surface area contributed by atoms with E-state index in [0.29, 0.717) is 6.61 Å². The minimum absolute atomic E-state index is 0.0436. The van der Waals surface area contributed by atoms with Crippen LogP contribution < -0.4 is 4.74 Å². The summed E-state index contributed by atoms with van der Waals surface area (Å²) in [6.07, 6.45) is -0.989. The van der Waals surface area contributed by atoms with Crippen molar-refractivity contribution in [2.45, 2.75) is 32.2 Å². The number of ether oxygens (including phenoxy) is 3. The Hall–Kier alpha value is -1.10. The van der Waals surface area contributed by atoms with Gasteiger partial charge in [0.25, 0.3) is 0 Å². The molecule has 4 heteroatoms. The predicted molar refractivity (Wildman–Crippen MR) is 69.8 cm³/mol. The first-order chi connectivity index (χ1) is 8.58. The molecule has 0 heterocycles. The monoisotopic (exact) mass is 254 g/mol. The van der Waals surface area contributed by atoms with Crippen molar-refractivity contribution in [2.75, 3.05) is 20.8 Å². The number of aliphatic hydroxyl groups excluding tert-OH is 1. The molecular weight excluding hydrogens is 232 g/mol. The Bertz CT molecular complexity index is 336. The van der Waals surface area contributed by atoms with Gasteiger partial charge in [0.2, 0.25) is 0 Å². The van der Waals surface area contributed by atoms with Gasteiger partial charge in [0, 0.05) is 7.11 Å². The summed E-state index contributed by atoms with van der Waals surface area (Å²) in [6, 6.07) is 7.32. The third-order valence-electron chi connectivity index (χ3n) is 2.75. The van der Waals surface area contributed by atoms with Gasteiger partial charge in [0.05, 0.1) is 25.9 Å². The fourth-order valence-electron chi connectivity index (χ4n) is 1.79. The van der Waals surface area contributed by atoms with Crippen molar-refractivity contribution in [1.82, 2.24) is 0 Å². The molecule has 0 aliphatic carbocycles. The number of hydrogen-bond acceptors (Lipinski definition) is 4. The largest absolute Gasteiger partial charge is 0.497 e. The van der Waals surface area contributed by atoms with Gasteiger partial charge in [-0.15, -0.1) is 0 Å². The molecule has 18 heavy (non-hydrogen) atoms. The van der Waals surface area contributed by atoms with Crippen LogP contribution in [0.25, 0.3) is 0 Å². The lowest BCUT2D eigenvalue weighted by Gasteiger charge is -2.23. The van der Waals surface area contributed by atoms with E-state index in [4.69, 9.17) is 14.2 Å². The van der Waals surface area contributed by atoms with E-state index in [9.17, 15) is 5.11 Å². The Labute approximate surface area is 108 Å². The highest BCUT2D eigenvalue weighted by Crippen LogP contribution is 2.22. The molecule has 3 unspecified atom stereocenters. The molecular formula is C14H22O4. The molecule has 0 fully saturated rings. The summed E-state index contributed by atoms with van der Waals surface area (Å²) >= 11 is 0. The highest BCUT2D eigenvalue weighted by Gasteiger charge is 2.19. The van der Waals surface area contributed by atoms with Crippen molar-refractivity contribution in [1.29, 1.82) is 0 Å². The molecule has 0 saturated heterocycles. The first kappa shape index (κ1) is 15.0. The minimum atomic E-state index is -0.657. The molecule has 0 aromatic heterocycles. The molecule has 0 aliphatic rings. The lowest BCUT2D eigenvalue weighted by atomic mass is 10.1. The number of benzene rings is 1. The summed E-state index contributed by atoms with van der Waals surface area (Å²) in [5.74, 6) is 0.771. The van der Waals surface area contributed by atoms with Crippen LogP contribution in [-0.4, -0.2) is 38.1 Å². The minimum Gasteiger partial charge on any atom is -0.497 e. The van der Waals surface area contributed by atoms with Crippen LogP contribution in [0.3, 0.4) is 0 Å². The van der Waals surface area contributed by atoms with Gasteiger partial charge in [-0.1, -0.05) is 12.1 Å². The molecule has 0 bridgehead atoms. The predicted octanol–water partition coefficient (Wildman–Crippen LogP) is 2.17. The molecule has 1 N–H and O–H groups in total. The van der Waals surface area contributed by atoms with Crippen LogP contribution in [0.15, 0.2) is 24.3 Å². The molecule has 4 nitrogen and oxygen atoms in total. The Morgan fingerprint density at radius 3 is 2.22 bits per heavy atom. The van der Waals surface area contributed by atoms with Gasteiger partial charge in [-0.25, -0.2) is 0 Å². The van der Waals surface area contributed by atoms with Gasteiger partial charge < -0.3 is 19.3 Å². The quantitative estimate of drug-likeness (QED) is 0.810. The van der Waals surface area contributed by atoms with E-state index < -0.39 is 6.10 Å². The van der Waals surface area contributed by atoms with Crippen molar-refractivity contribution < 1.29 is 19.3 Å². The summed E-state index contributed by atoms with van der Waals surface area (Å²) in [4.78, 5) is 0. The van der Waals surface area contributed by atoms with E-state index in [1.165, 1.54) is 0 Å². The van der Waals surface area contributed by atoms with Crippen LogP contribution in [0, 0.1) is 0 Å². The zero-order chi connectivity index (χ0) is 13.5. The third kappa shape index (κ3) is 4.29. The molecule has 0 saturated carbocycles. The zero-order valence-corrected chi connectivity index (χ0v) is 11.4. The fourth-order valence-corrected chi connectivity index (χ4v) is 1.79. The number of hydrogen-bond donors (Lipinski definition) is 1. The Balaban J connectivity index is 2.58. The lowest BCUT2D eigenvalue weighted by Crippen LogP contribution is -2.26. The molecule has 1 rings (SSSR count). The standard InChI is InChI=1S/C14H22O4/c1-10(9-16-3)18-11(2)14(15)12-5-7-13(17-4)8-6-12/h5-8,10-11,14-15H,9H2,1-4H3. The third-order valence-corrected chi connectivity index (χ3v) is 2.75. The molecule has 102 valence electrons. The van der Waals surface area contributed by atoms with Crippen LogP contribution >= 0.6 is 0 Å². The summed E-state index contributed by atoms with van der Waals surface area (Å²) in [5.41, 5.74) is 0.813. The molecule has 0 spiro atoms. The van der Waals surface area contributed by atoms with E-state index in [-0.39, 0.29) is 12.2 Å². The fraction of sp³-hybridized carbons (Fsp3) is 0.571. The van der Waals surface area contributed by atoms with E-state index in [2.05, 4.69) is 0 Å². The Kier molecular flexibility index (Phi) is 6.12. The average molecular weight is 254 g/mol. The van der Waals surface area contributed by atoms with Crippen molar-refractivity contribution in [3.05, 3.63) is 29.8 Å². The zero-order valence-electron chi connectivity index (χ0n) is 11.4. The molecule has 1 aromatic carbocycles. The molecule has 0 radical (unpaired) electrons. The second-order valence-electron chi connectivity index (χ2n) is 4.33. The number of rotatable bonds is 7. The normalized spacial score (nSPS) is 16.1. The summed E-state index contributed by atoms with van der Waals surface area (Å²) in [6.45, 7) is 4.28. The SMILES string of the molecule is COCC(C)OC(C)C(O)c1ccc(OC)cc1. The topological polar surface area (TPSA) is 47.9 Å².